The molecular formula is C60H102O29. The average molecular weight is 1290 g/mol. The summed E-state index contributed by atoms with van der Waals surface area (Å²) >= 11 is 0. The summed E-state index contributed by atoms with van der Waals surface area (Å²) in [5, 5.41) is 206. The third kappa shape index (κ3) is 13.0. The molecular weight excluding hydrogens is 1180 g/mol. The largest absolute Gasteiger partial charge is 0.394 e. The van der Waals surface area contributed by atoms with E-state index in [1.807, 2.05) is 0 Å². The van der Waals surface area contributed by atoms with Crippen molar-refractivity contribution in [2.45, 2.75) is 284 Å². The molecule has 35 atom stereocenters. The molecule has 29 heteroatoms. The Morgan fingerprint density at radius 3 is 1.52 bits per heavy atom. The summed E-state index contributed by atoms with van der Waals surface area (Å²) in [6, 6.07) is 0. The van der Waals surface area contributed by atoms with Crippen LogP contribution in [0.25, 0.3) is 0 Å². The first-order valence-electron chi connectivity index (χ1n) is 31.6. The van der Waals surface area contributed by atoms with Crippen molar-refractivity contribution < 1.29 is 144 Å². The van der Waals surface area contributed by atoms with E-state index in [9.17, 15) is 97.0 Å². The summed E-state index contributed by atoms with van der Waals surface area (Å²) < 4.78 is 59.5. The zero-order chi connectivity index (χ0) is 65.5. The smallest absolute Gasteiger partial charge is 0.187 e. The molecule has 9 aliphatic rings. The van der Waals surface area contributed by atoms with E-state index in [1.54, 1.807) is 0 Å². The Bertz CT molecular complexity index is 2340. The second-order valence-electron chi connectivity index (χ2n) is 28.7. The predicted octanol–water partition coefficient (Wildman–Crippen LogP) is -5.41. The molecule has 9 rings (SSSR count). The molecule has 0 aromatic carbocycles. The maximum atomic E-state index is 12.8. The lowest BCUT2D eigenvalue weighted by atomic mass is 9.38. The molecule has 5 saturated heterocycles. The Morgan fingerprint density at radius 1 is 0.517 bits per heavy atom. The number of hydrogen-bond acceptors (Lipinski definition) is 29. The van der Waals surface area contributed by atoms with Gasteiger partial charge in [0.05, 0.1) is 56.9 Å². The Balaban J connectivity index is 0.920. The van der Waals surface area contributed by atoms with Crippen LogP contribution < -0.4 is 0 Å². The summed E-state index contributed by atoms with van der Waals surface area (Å²) in [4.78, 5) is 0. The van der Waals surface area contributed by atoms with Gasteiger partial charge in [-0.2, -0.15) is 0 Å². The van der Waals surface area contributed by atoms with Gasteiger partial charge in [0, 0.05) is 10.8 Å². The first-order valence-corrected chi connectivity index (χ1v) is 31.6. The van der Waals surface area contributed by atoms with Crippen molar-refractivity contribution in [1.82, 2.24) is 0 Å². The number of aliphatic hydroxyl groups is 19. The normalized spacial score (nSPS) is 51.8. The maximum Gasteiger partial charge on any atom is 0.187 e. The van der Waals surface area contributed by atoms with E-state index in [0.717, 1.165) is 18.4 Å². The number of aliphatic hydroxyl groups excluding tert-OH is 18. The van der Waals surface area contributed by atoms with Crippen LogP contribution in [-0.2, 0) is 47.4 Å². The van der Waals surface area contributed by atoms with Crippen molar-refractivity contribution in [3.8, 4) is 0 Å². The molecule has 0 radical (unpaired) electrons. The number of rotatable bonds is 20. The van der Waals surface area contributed by atoms with Crippen LogP contribution in [0.3, 0.4) is 0 Å². The van der Waals surface area contributed by atoms with Crippen LogP contribution in [-0.4, -0.2) is 308 Å². The van der Waals surface area contributed by atoms with Crippen molar-refractivity contribution in [3.05, 3.63) is 11.6 Å². The minimum Gasteiger partial charge on any atom is -0.394 e. The molecule has 5 aliphatic heterocycles. The summed E-state index contributed by atoms with van der Waals surface area (Å²) in [7, 11) is 0. The summed E-state index contributed by atoms with van der Waals surface area (Å²) in [5.41, 5.74) is -2.34. The zero-order valence-corrected chi connectivity index (χ0v) is 51.8. The Hall–Kier alpha value is -1.42. The molecule has 5 heterocycles. The second-order valence-corrected chi connectivity index (χ2v) is 28.7. The van der Waals surface area contributed by atoms with Gasteiger partial charge in [0.2, 0.25) is 0 Å². The van der Waals surface area contributed by atoms with Gasteiger partial charge in [-0.15, -0.1) is 0 Å². The molecule has 29 nitrogen and oxygen atoms in total. The molecule has 0 bridgehead atoms. The zero-order valence-electron chi connectivity index (χ0n) is 51.8. The molecule has 8 fully saturated rings. The van der Waals surface area contributed by atoms with E-state index in [2.05, 4.69) is 47.6 Å². The van der Waals surface area contributed by atoms with Crippen LogP contribution in [0.4, 0.5) is 0 Å². The van der Waals surface area contributed by atoms with Crippen LogP contribution in [0, 0.1) is 45.3 Å². The van der Waals surface area contributed by atoms with Crippen LogP contribution in [0.15, 0.2) is 11.6 Å². The van der Waals surface area contributed by atoms with E-state index in [0.29, 0.717) is 32.1 Å². The standard InChI is InChI=1S/C60H102O29/c1-23(24-15-16-58(6)32-12-10-25-26(60(32,8)33(65)17-59(24,58)7)11-14-34(56(25,2)3)86-52-46(76)41(71)37(67)28(19-62)82-52)9-13-35(57(4,5)79)87-55-50(43(73)39(69)31(85-55)22-80-51-45(75)40(70)36(66)27(18-61)81-51)89-54-48(78)44(74)49(30(21-64)84-54)88-53-47(77)42(72)38(68)29(20-63)83-53/h10,23-24,26-55,61-79H,9,11-22H2,1-8H3/t23-,24?,26?,27-,28-,29-,30+,31-,32?,33-,34+,35-,36-,37-,38-,39-,40+,41+,42+,43+,44+,45-,46-,47-,48+,49+,50-,51+,52+,53-,54-,55+,58+,59-,60+/m1/s1. The molecule has 4 aliphatic carbocycles. The van der Waals surface area contributed by atoms with E-state index in [4.69, 9.17) is 47.4 Å². The third-order valence-corrected chi connectivity index (χ3v) is 22.9. The topological polar surface area (TPSA) is 477 Å². The summed E-state index contributed by atoms with van der Waals surface area (Å²) in [6.45, 7) is 12.2. The highest BCUT2D eigenvalue weighted by molar-refractivity contribution is 5.32. The highest BCUT2D eigenvalue weighted by Gasteiger charge is 2.70. The summed E-state index contributed by atoms with van der Waals surface area (Å²) in [5.74, 6) is 0.0393. The highest BCUT2D eigenvalue weighted by atomic mass is 16.8. The van der Waals surface area contributed by atoms with E-state index in [1.165, 1.54) is 13.8 Å². The average Bonchev–Trinajstić information content (AvgIpc) is 1.66. The molecule has 3 saturated carbocycles. The minimum atomic E-state index is -2.12. The van der Waals surface area contributed by atoms with Gasteiger partial charge >= 0.3 is 0 Å². The molecule has 0 amide bonds. The minimum absolute atomic E-state index is 0.0260. The Morgan fingerprint density at radius 2 is 0.978 bits per heavy atom. The number of ether oxygens (including phenoxy) is 10. The van der Waals surface area contributed by atoms with Gasteiger partial charge in [-0.05, 0) is 99.7 Å². The van der Waals surface area contributed by atoms with E-state index >= 15 is 0 Å². The first-order chi connectivity index (χ1) is 41.7. The fourth-order valence-electron chi connectivity index (χ4n) is 17.1. The number of hydrogen-bond donors (Lipinski definition) is 19. The van der Waals surface area contributed by atoms with Gasteiger partial charge in [-0.25, -0.2) is 0 Å². The van der Waals surface area contributed by atoms with Gasteiger partial charge < -0.3 is 144 Å². The SMILES string of the molecule is C[C@H](CC[C@@H](O[C@@H]1O[C@H](CO[C@H]2O[C@H](CO)[C@@H](O)[C@H](O)[C@H]2O)[C@@H](O)[C@H](O)[C@H]1O[C@H]1O[C@@H](CO)[C@H](O[C@H]2O[C@H](CO)[C@@H](O)[C@H](O)[C@H]2O)[C@@H](O)[C@@H]1O)C(C)(C)O)C1CC[C@@]2(C)C3CC=C4C(CC[C@H](O[C@@H]5O[C@H](CO)[C@@H](O)[C@H](O)[C@H]5O)C4(C)C)[C@]3(C)[C@H](O)C[C@]12C. The van der Waals surface area contributed by atoms with Gasteiger partial charge in [0.15, 0.2) is 31.5 Å². The van der Waals surface area contributed by atoms with Crippen LogP contribution in [0.5, 0.6) is 0 Å². The fourth-order valence-corrected chi connectivity index (χ4v) is 17.1. The molecule has 3 unspecified atom stereocenters. The van der Waals surface area contributed by atoms with E-state index < -0.39 is 221 Å². The lowest BCUT2D eigenvalue weighted by Crippen LogP contribution is -2.67. The van der Waals surface area contributed by atoms with E-state index in [-0.39, 0.29) is 40.9 Å². The molecule has 516 valence electrons. The van der Waals surface area contributed by atoms with Gasteiger partial charge in [-0.1, -0.05) is 53.2 Å². The number of fused-ring (bicyclic) bond motifs is 5. The monoisotopic (exact) mass is 1290 g/mol. The van der Waals surface area contributed by atoms with Gasteiger partial charge in [0.25, 0.3) is 0 Å². The van der Waals surface area contributed by atoms with Gasteiger partial charge in [-0.3, -0.25) is 0 Å². The Labute approximate surface area is 517 Å². The molecule has 0 aromatic heterocycles. The van der Waals surface area contributed by atoms with Crippen molar-refractivity contribution >= 4 is 0 Å². The molecule has 0 spiro atoms. The second kappa shape index (κ2) is 27.6. The highest BCUT2D eigenvalue weighted by Crippen LogP contribution is 2.75. The van der Waals surface area contributed by atoms with Gasteiger partial charge in [0.1, 0.15) is 122 Å². The number of allylic oxidation sites excluding steroid dienone is 1. The molecule has 19 N–H and O–H groups in total. The lowest BCUT2D eigenvalue weighted by Gasteiger charge is -2.67. The van der Waals surface area contributed by atoms with Crippen LogP contribution >= 0.6 is 0 Å². The van der Waals surface area contributed by atoms with Crippen LogP contribution in [0.2, 0.25) is 0 Å². The molecule has 89 heavy (non-hydrogen) atoms. The van der Waals surface area contributed by atoms with Crippen molar-refractivity contribution in [3.63, 3.8) is 0 Å². The predicted molar refractivity (Wildman–Crippen MR) is 300 cm³/mol. The van der Waals surface area contributed by atoms with Crippen molar-refractivity contribution in [2.75, 3.05) is 33.0 Å². The summed E-state index contributed by atoms with van der Waals surface area (Å²) in [6.07, 6.45) is -38.6. The van der Waals surface area contributed by atoms with Crippen molar-refractivity contribution in [1.29, 1.82) is 0 Å². The Kier molecular flexibility index (Phi) is 22.3. The fraction of sp³-hybridized carbons (Fsp3) is 0.967. The van der Waals surface area contributed by atoms with Crippen molar-refractivity contribution in [2.24, 2.45) is 45.3 Å². The quantitative estimate of drug-likeness (QED) is 0.0506. The first kappa shape index (κ1) is 71.9. The maximum absolute atomic E-state index is 12.8. The lowest BCUT2D eigenvalue weighted by molar-refractivity contribution is -0.391. The third-order valence-electron chi connectivity index (χ3n) is 22.9. The molecule has 0 aromatic rings. The van der Waals surface area contributed by atoms with Crippen LogP contribution in [0.1, 0.15) is 107 Å².